The summed E-state index contributed by atoms with van der Waals surface area (Å²) >= 11 is 0. The van der Waals surface area contributed by atoms with E-state index in [1.54, 1.807) is 6.92 Å². The summed E-state index contributed by atoms with van der Waals surface area (Å²) in [5, 5.41) is 11.6. The van der Waals surface area contributed by atoms with E-state index < -0.39 is 72.7 Å². The number of nitrogens with zero attached hydrogens (tertiary/aromatic N) is 1. The monoisotopic (exact) mass is 1020 g/mol. The minimum atomic E-state index is -4.37. The molecule has 15 heteroatoms. The lowest BCUT2D eigenvalue weighted by Gasteiger charge is -2.42. The Bertz CT molecular complexity index is 2580. The number of hydrogen-bond donors (Lipinski definition) is 2. The predicted octanol–water partition coefficient (Wildman–Crippen LogP) is 10.1. The number of nitrogens with one attached hydrogen (secondary N) is 1. The maximum atomic E-state index is 13.0. The van der Waals surface area contributed by atoms with E-state index in [1.165, 1.54) is 10.8 Å². The minimum Gasteiger partial charge on any atom is -0.395 e. The Morgan fingerprint density at radius 2 is 0.944 bits per heavy atom. The smallest absolute Gasteiger partial charge is 0.395 e. The Morgan fingerprint density at radius 3 is 1.28 bits per heavy atom. The number of aryl methyl sites for hydroxylation is 1. The van der Waals surface area contributed by atoms with Crippen LogP contribution in [0, 0.1) is 6.92 Å². The van der Waals surface area contributed by atoms with Crippen LogP contribution in [0.25, 0.3) is 0 Å². The van der Waals surface area contributed by atoms with Gasteiger partial charge in [0.05, 0.1) is 32.0 Å². The van der Waals surface area contributed by atoms with Gasteiger partial charge in [-0.3, -0.25) is 14.3 Å². The van der Waals surface area contributed by atoms with Gasteiger partial charge in [-0.1, -0.05) is 182 Å². The van der Waals surface area contributed by atoms with Crippen molar-refractivity contribution in [1.82, 2.24) is 9.55 Å². The van der Waals surface area contributed by atoms with Crippen molar-refractivity contribution in [2.75, 3.05) is 19.8 Å². The molecule has 0 unspecified atom stereocenters. The number of rotatable bonds is 22. The highest BCUT2D eigenvalue weighted by Gasteiger charge is 2.55. The first-order valence-corrected chi connectivity index (χ1v) is 32.9. The highest BCUT2D eigenvalue weighted by molar-refractivity contribution is 6.83. The fourth-order valence-electron chi connectivity index (χ4n) is 9.23. The lowest BCUT2D eigenvalue weighted by Crippen LogP contribution is -2.62. The van der Waals surface area contributed by atoms with E-state index in [4.69, 9.17) is 31.3 Å². The summed E-state index contributed by atoms with van der Waals surface area (Å²) < 4.78 is 51.6. The summed E-state index contributed by atoms with van der Waals surface area (Å²) in [5.74, 6) is 0. The van der Waals surface area contributed by atoms with E-state index in [-0.39, 0.29) is 26.2 Å². The Labute approximate surface area is 425 Å². The summed E-state index contributed by atoms with van der Waals surface area (Å²) in [7, 11) is -9.62. The summed E-state index contributed by atoms with van der Waals surface area (Å²) in [6.45, 7) is 13.6. The maximum absolute atomic E-state index is 13.0. The molecule has 0 saturated carbocycles. The van der Waals surface area contributed by atoms with E-state index in [0.29, 0.717) is 5.56 Å². The van der Waals surface area contributed by atoms with Gasteiger partial charge >= 0.3 is 14.7 Å². The first-order chi connectivity index (χ1) is 34.5. The molecule has 0 amide bonds. The van der Waals surface area contributed by atoms with Crippen LogP contribution in [0.1, 0.15) is 51.6 Å². The summed E-state index contributed by atoms with van der Waals surface area (Å²) in [5.41, 5.74) is 2.37. The molecule has 6 aromatic carbocycles. The molecule has 1 aliphatic rings. The van der Waals surface area contributed by atoms with Crippen LogP contribution in [0.3, 0.4) is 0 Å². The van der Waals surface area contributed by atoms with Crippen LogP contribution in [0.15, 0.2) is 198 Å². The first-order valence-electron chi connectivity index (χ1n) is 24.5. The molecule has 1 aromatic heterocycles. The molecule has 72 heavy (non-hydrogen) atoms. The number of ether oxygens (including phenoxy) is 3. The fraction of sp³-hybridized carbons (Fsp3) is 0.298. The van der Waals surface area contributed by atoms with Gasteiger partial charge in [-0.15, -0.1) is 0 Å². The molecule has 0 bridgehead atoms. The number of aromatic amines is 1. The maximum Gasteiger partial charge on any atom is 0.658 e. The lowest BCUT2D eigenvalue weighted by atomic mass is 9.80. The van der Waals surface area contributed by atoms with Crippen molar-refractivity contribution in [2.45, 2.75) is 88.4 Å². The molecule has 376 valence electrons. The van der Waals surface area contributed by atoms with Gasteiger partial charge in [0.1, 0.15) is 23.5 Å². The highest BCUT2D eigenvalue weighted by atomic mass is 28.5. The molecule has 8 rings (SSSR count). The molecule has 2 N–H and O–H groups in total. The number of H-pyrrole nitrogens is 1. The van der Waals surface area contributed by atoms with E-state index in [9.17, 15) is 14.7 Å². The van der Waals surface area contributed by atoms with Gasteiger partial charge in [0.25, 0.3) is 5.56 Å². The second-order valence-corrected chi connectivity index (χ2v) is 31.7. The fourth-order valence-corrected chi connectivity index (χ4v) is 17.6. The third-order valence-electron chi connectivity index (χ3n) is 12.3. The normalized spacial score (nSPS) is 16.8. The van der Waals surface area contributed by atoms with Gasteiger partial charge in [-0.05, 0) is 79.6 Å². The van der Waals surface area contributed by atoms with Crippen molar-refractivity contribution in [3.05, 3.63) is 248 Å². The number of benzene rings is 6. The van der Waals surface area contributed by atoms with E-state index in [1.807, 2.05) is 109 Å². The molecule has 1 saturated heterocycles. The zero-order chi connectivity index (χ0) is 51.0. The van der Waals surface area contributed by atoms with Gasteiger partial charge < -0.3 is 36.4 Å². The standard InChI is InChI=1S/C57H66N2O10Si3/c1-43-39-59(55(62)58-54(43)61)53-38-51(60)52(66-53)42-65-72(68-70(2,3)4,69-71(5,6)7)67-50(40-63-56(44-26-14-8-15-27-44,45-28-16-9-17-29-45)46-30-18-10-19-31-46)41-64-57(47-32-20-11-21-33-47,48-34-22-12-23-35-48)49-36-24-13-25-37-49/h8-37,39,50-53,60H,38,40-42H2,1-7H3,(H,58,61,62)/t51-,52+,53+/m0/s1. The zero-order valence-electron chi connectivity index (χ0n) is 42.1. The van der Waals surface area contributed by atoms with Gasteiger partial charge in [-0.2, -0.15) is 0 Å². The largest absolute Gasteiger partial charge is 0.658 e. The first kappa shape index (κ1) is 52.6. The molecule has 3 atom stereocenters. The van der Waals surface area contributed by atoms with Gasteiger partial charge in [0.15, 0.2) is 16.6 Å². The Balaban J connectivity index is 1.26. The molecule has 7 aromatic rings. The van der Waals surface area contributed by atoms with Crippen molar-refractivity contribution in [2.24, 2.45) is 0 Å². The summed E-state index contributed by atoms with van der Waals surface area (Å²) in [6.07, 6.45) is -2.26. The predicted molar refractivity (Wildman–Crippen MR) is 286 cm³/mol. The van der Waals surface area contributed by atoms with Crippen LogP contribution >= 0.6 is 0 Å². The van der Waals surface area contributed by atoms with Crippen LogP contribution in [-0.4, -0.2) is 78.5 Å². The van der Waals surface area contributed by atoms with Crippen LogP contribution in [0.4, 0.5) is 0 Å². The number of aromatic nitrogens is 2. The van der Waals surface area contributed by atoms with Crippen LogP contribution < -0.4 is 11.2 Å². The van der Waals surface area contributed by atoms with Crippen molar-refractivity contribution < 1.29 is 36.4 Å². The van der Waals surface area contributed by atoms with Crippen LogP contribution in [0.5, 0.6) is 0 Å². The Morgan fingerprint density at radius 1 is 0.597 bits per heavy atom. The summed E-state index contributed by atoms with van der Waals surface area (Å²) in [6, 6.07) is 61.0. The van der Waals surface area contributed by atoms with Crippen molar-refractivity contribution >= 4 is 25.7 Å². The zero-order valence-corrected chi connectivity index (χ0v) is 45.1. The van der Waals surface area contributed by atoms with E-state index in [2.05, 4.69) is 117 Å². The molecular formula is C57H66N2O10Si3. The molecule has 1 aliphatic heterocycles. The molecule has 1 fully saturated rings. The molecule has 2 heterocycles. The van der Waals surface area contributed by atoms with E-state index in [0.717, 1.165) is 33.4 Å². The van der Waals surface area contributed by atoms with Gasteiger partial charge in [0, 0.05) is 18.2 Å². The summed E-state index contributed by atoms with van der Waals surface area (Å²) in [4.78, 5) is 27.6. The SMILES string of the molecule is Cc1cn([C@H]2C[C@H](O)[C@@H](CO[Si](OC(COC(c3ccccc3)(c3ccccc3)c3ccccc3)COC(c3ccccc3)(c3ccccc3)c3ccccc3)(O[Si](C)(C)C)O[Si](C)(C)C)O2)c(=O)[nH]c1=O. The number of aliphatic hydroxyl groups is 1. The average Bonchev–Trinajstić information content (AvgIpc) is 3.75. The van der Waals surface area contributed by atoms with Crippen molar-refractivity contribution in [1.29, 1.82) is 0 Å². The number of hydrogen-bond acceptors (Lipinski definition) is 10. The van der Waals surface area contributed by atoms with Crippen molar-refractivity contribution in [3.8, 4) is 0 Å². The third-order valence-corrected chi connectivity index (χ3v) is 20.4. The second-order valence-electron chi connectivity index (χ2n) is 20.1. The topological polar surface area (TPSA) is 140 Å². The lowest BCUT2D eigenvalue weighted by molar-refractivity contribution is -0.116. The molecule has 12 nitrogen and oxygen atoms in total. The van der Waals surface area contributed by atoms with E-state index >= 15 is 0 Å². The molecular weight excluding hydrogens is 957 g/mol. The van der Waals surface area contributed by atoms with Crippen molar-refractivity contribution in [3.63, 3.8) is 0 Å². The molecule has 0 radical (unpaired) electrons. The second kappa shape index (κ2) is 22.6. The molecule has 0 aliphatic carbocycles. The van der Waals surface area contributed by atoms with Gasteiger partial charge in [-0.25, -0.2) is 4.79 Å². The Hall–Kier alpha value is -5.67. The highest BCUT2D eigenvalue weighted by Crippen LogP contribution is 2.43. The van der Waals surface area contributed by atoms with Crippen LogP contribution in [-0.2, 0) is 42.5 Å². The van der Waals surface area contributed by atoms with Crippen LogP contribution in [0.2, 0.25) is 39.3 Å². The third kappa shape index (κ3) is 12.2. The quantitative estimate of drug-likeness (QED) is 0.0498. The minimum absolute atomic E-state index is 0.0472. The Kier molecular flexibility index (Phi) is 16.5. The molecule has 0 spiro atoms. The average molecular weight is 1020 g/mol. The number of aliphatic hydroxyl groups excluding tert-OH is 1. The van der Waals surface area contributed by atoms with Gasteiger partial charge in [0.2, 0.25) is 0 Å².